The molecule has 0 radical (unpaired) electrons. The summed E-state index contributed by atoms with van der Waals surface area (Å²) in [5, 5.41) is 8.04. The van der Waals surface area contributed by atoms with Gasteiger partial charge in [0, 0.05) is 22.3 Å². The van der Waals surface area contributed by atoms with Crippen LogP contribution in [-0.4, -0.2) is 6.85 Å². The highest BCUT2D eigenvalue weighted by Gasteiger charge is 2.41. The Morgan fingerprint density at radius 3 is 2.09 bits per heavy atom. The second-order valence-electron chi connectivity index (χ2n) is 8.93. The lowest BCUT2D eigenvalue weighted by atomic mass is 9.43. The molecule has 2 heteroatoms. The fourth-order valence-corrected chi connectivity index (χ4v) is 6.16. The fraction of sp³-hybridized carbons (Fsp3) is 0. The summed E-state index contributed by atoms with van der Waals surface area (Å²) < 4.78 is 0. The minimum Gasteiger partial charge on any atom is -0.376 e. The fourth-order valence-electron chi connectivity index (χ4n) is 6.16. The maximum absolute atomic E-state index is 2.58. The number of para-hydroxylation sites is 1. The quantitative estimate of drug-likeness (QED) is 0.210. The summed E-state index contributed by atoms with van der Waals surface area (Å²) in [6.45, 7) is 0.161. The van der Waals surface area contributed by atoms with E-state index in [1.165, 1.54) is 65.7 Å². The van der Waals surface area contributed by atoms with Gasteiger partial charge in [-0.15, -0.1) is 0 Å². The zero-order valence-electron chi connectivity index (χ0n) is 17.4. The summed E-state index contributed by atoms with van der Waals surface area (Å²) in [7, 11) is 0. The summed E-state index contributed by atoms with van der Waals surface area (Å²) in [6, 6.07) is 40.5. The predicted octanol–water partition coefficient (Wildman–Crippen LogP) is 6.38. The molecular weight excluding hydrogens is 385 g/mol. The Morgan fingerprint density at radius 2 is 1.16 bits per heavy atom. The van der Waals surface area contributed by atoms with E-state index in [0.717, 1.165) is 0 Å². The molecule has 0 saturated heterocycles. The van der Waals surface area contributed by atoms with Crippen LogP contribution in [0.1, 0.15) is 0 Å². The van der Waals surface area contributed by atoms with Crippen molar-refractivity contribution in [1.82, 2.24) is 0 Å². The topological polar surface area (TPSA) is 3.24 Å². The van der Waals surface area contributed by atoms with Gasteiger partial charge in [0.1, 0.15) is 0 Å². The molecular formula is C30H18BN. The first kappa shape index (κ1) is 16.6. The molecule has 1 nitrogen and oxygen atoms in total. The van der Waals surface area contributed by atoms with Crippen LogP contribution >= 0.6 is 0 Å². The van der Waals surface area contributed by atoms with Crippen molar-refractivity contribution in [2.75, 3.05) is 4.81 Å². The van der Waals surface area contributed by atoms with E-state index < -0.39 is 0 Å². The summed E-state index contributed by atoms with van der Waals surface area (Å²) in [5.74, 6) is 0. The highest BCUT2D eigenvalue weighted by atomic mass is 15.1. The molecule has 146 valence electrons. The second-order valence-corrected chi connectivity index (χ2v) is 8.93. The summed E-state index contributed by atoms with van der Waals surface area (Å²) in [5.41, 5.74) is 8.09. The average Bonchev–Trinajstić information content (AvgIpc) is 2.87. The summed E-state index contributed by atoms with van der Waals surface area (Å²) >= 11 is 0. The minimum absolute atomic E-state index is 0.161. The molecule has 0 unspecified atom stereocenters. The van der Waals surface area contributed by atoms with Gasteiger partial charge in [-0.1, -0.05) is 97.1 Å². The van der Waals surface area contributed by atoms with E-state index in [-0.39, 0.29) is 6.85 Å². The van der Waals surface area contributed by atoms with Crippen LogP contribution in [0.5, 0.6) is 0 Å². The van der Waals surface area contributed by atoms with Crippen molar-refractivity contribution in [3.63, 3.8) is 0 Å². The van der Waals surface area contributed by atoms with Gasteiger partial charge >= 0.3 is 6.85 Å². The summed E-state index contributed by atoms with van der Waals surface area (Å²) in [4.78, 5) is 2.58. The number of rotatable bonds is 0. The zero-order valence-corrected chi connectivity index (χ0v) is 17.4. The summed E-state index contributed by atoms with van der Waals surface area (Å²) in [6.07, 6.45) is 0. The Balaban J connectivity index is 1.62. The molecule has 2 aliphatic rings. The Kier molecular flexibility index (Phi) is 3.02. The van der Waals surface area contributed by atoms with E-state index in [9.17, 15) is 0 Å². The molecule has 0 atom stereocenters. The number of fused-ring (bicyclic) bond motifs is 10. The standard InChI is InChI=1S/C30H18BN/c1-2-10-22-19(7-1)17-18-25-30(22)23-11-3-4-13-26(23)32-27-14-6-9-21-16-15-20-8-5-12-24(31(25)32)28(20)29(21)27/h1-18H. The third-order valence-electron chi connectivity index (χ3n) is 7.40. The van der Waals surface area contributed by atoms with Crippen molar-refractivity contribution in [3.05, 3.63) is 109 Å². The highest BCUT2D eigenvalue weighted by molar-refractivity contribution is 6.94. The van der Waals surface area contributed by atoms with Gasteiger partial charge in [0.2, 0.25) is 0 Å². The Labute approximate surface area is 186 Å². The van der Waals surface area contributed by atoms with Gasteiger partial charge in [0.05, 0.1) is 0 Å². The van der Waals surface area contributed by atoms with Gasteiger partial charge in [0.25, 0.3) is 0 Å². The van der Waals surface area contributed by atoms with Gasteiger partial charge in [-0.2, -0.15) is 0 Å². The van der Waals surface area contributed by atoms with Crippen LogP contribution in [-0.2, 0) is 0 Å². The van der Waals surface area contributed by atoms with E-state index in [4.69, 9.17) is 0 Å². The molecule has 0 saturated carbocycles. The van der Waals surface area contributed by atoms with Crippen LogP contribution in [0.4, 0.5) is 11.4 Å². The van der Waals surface area contributed by atoms with Crippen LogP contribution in [0, 0.1) is 0 Å². The smallest absolute Gasteiger partial charge is 0.329 e. The van der Waals surface area contributed by atoms with Crippen LogP contribution < -0.4 is 15.7 Å². The molecule has 0 spiro atoms. The Bertz CT molecular complexity index is 1750. The van der Waals surface area contributed by atoms with Crippen molar-refractivity contribution in [3.8, 4) is 11.1 Å². The molecule has 6 aromatic carbocycles. The Hall–Kier alpha value is -4.04. The van der Waals surface area contributed by atoms with Gasteiger partial charge in [-0.05, 0) is 55.6 Å². The van der Waals surface area contributed by atoms with Crippen LogP contribution in [0.2, 0.25) is 0 Å². The molecule has 0 N–H and O–H groups in total. The van der Waals surface area contributed by atoms with Crippen molar-refractivity contribution in [2.24, 2.45) is 0 Å². The zero-order chi connectivity index (χ0) is 20.8. The largest absolute Gasteiger partial charge is 0.376 e. The number of hydrogen-bond donors (Lipinski definition) is 0. The van der Waals surface area contributed by atoms with Crippen LogP contribution in [0.15, 0.2) is 109 Å². The normalized spacial score (nSPS) is 13.5. The first-order valence-electron chi connectivity index (χ1n) is 11.2. The van der Waals surface area contributed by atoms with E-state index in [0.29, 0.717) is 0 Å². The first-order chi connectivity index (χ1) is 15.9. The van der Waals surface area contributed by atoms with Gasteiger partial charge in [0.15, 0.2) is 0 Å². The van der Waals surface area contributed by atoms with E-state index in [1.54, 1.807) is 0 Å². The molecule has 0 aliphatic carbocycles. The highest BCUT2D eigenvalue weighted by Crippen LogP contribution is 2.47. The van der Waals surface area contributed by atoms with Crippen LogP contribution in [0.25, 0.3) is 43.4 Å². The number of benzene rings is 6. The van der Waals surface area contributed by atoms with Crippen molar-refractivity contribution in [2.45, 2.75) is 0 Å². The predicted molar refractivity (Wildman–Crippen MR) is 138 cm³/mol. The number of anilines is 2. The molecule has 32 heavy (non-hydrogen) atoms. The van der Waals surface area contributed by atoms with Crippen molar-refractivity contribution < 1.29 is 0 Å². The SMILES string of the molecule is c1ccc2c(c1)-c1c(ccc3ccccc13)B1c3cccc4ccc5cccc(c5c34)N12. The Morgan fingerprint density at radius 1 is 0.469 bits per heavy atom. The lowest BCUT2D eigenvalue weighted by Crippen LogP contribution is -2.59. The van der Waals surface area contributed by atoms with E-state index in [1.807, 2.05) is 0 Å². The lowest BCUT2D eigenvalue weighted by molar-refractivity contribution is 1.38. The van der Waals surface area contributed by atoms with Gasteiger partial charge < -0.3 is 4.81 Å². The van der Waals surface area contributed by atoms with E-state index >= 15 is 0 Å². The van der Waals surface area contributed by atoms with Crippen molar-refractivity contribution >= 4 is 61.5 Å². The lowest BCUT2D eigenvalue weighted by Gasteiger charge is -2.42. The van der Waals surface area contributed by atoms with E-state index in [2.05, 4.69) is 114 Å². The molecule has 0 aromatic heterocycles. The molecule has 2 aliphatic heterocycles. The van der Waals surface area contributed by atoms with Crippen LogP contribution in [0.3, 0.4) is 0 Å². The molecule has 0 fully saturated rings. The van der Waals surface area contributed by atoms with Crippen molar-refractivity contribution in [1.29, 1.82) is 0 Å². The second kappa shape index (κ2) is 5.80. The minimum atomic E-state index is 0.161. The van der Waals surface area contributed by atoms with Gasteiger partial charge in [-0.3, -0.25) is 0 Å². The molecule has 8 rings (SSSR count). The number of hydrogen-bond acceptors (Lipinski definition) is 1. The first-order valence-corrected chi connectivity index (χ1v) is 11.2. The number of nitrogens with zero attached hydrogens (tertiary/aromatic N) is 1. The third kappa shape index (κ3) is 1.91. The van der Waals surface area contributed by atoms with Gasteiger partial charge in [-0.25, -0.2) is 0 Å². The molecule has 0 amide bonds. The third-order valence-corrected chi connectivity index (χ3v) is 7.40. The maximum Gasteiger partial charge on any atom is 0.329 e. The molecule has 2 heterocycles. The maximum atomic E-state index is 2.58. The molecule has 6 aromatic rings. The molecule has 0 bridgehead atoms. The monoisotopic (exact) mass is 403 g/mol. The average molecular weight is 403 g/mol.